The van der Waals surface area contributed by atoms with Crippen molar-refractivity contribution in [1.82, 2.24) is 15.0 Å². The van der Waals surface area contributed by atoms with Crippen LogP contribution in [0.15, 0.2) is 30.7 Å². The van der Waals surface area contributed by atoms with Crippen molar-refractivity contribution in [2.45, 2.75) is 13.8 Å². The summed E-state index contributed by atoms with van der Waals surface area (Å²) in [6, 6.07) is 3.74. The van der Waals surface area contributed by atoms with Crippen LogP contribution < -0.4 is 0 Å². The van der Waals surface area contributed by atoms with Crippen LogP contribution in [0, 0.1) is 6.92 Å². The van der Waals surface area contributed by atoms with E-state index in [2.05, 4.69) is 15.0 Å². The number of ether oxygens (including phenoxy) is 1. The zero-order valence-electron chi connectivity index (χ0n) is 11.7. The largest absolute Gasteiger partial charge is 0.462 e. The van der Waals surface area contributed by atoms with Gasteiger partial charge < -0.3 is 4.74 Å². The van der Waals surface area contributed by atoms with Crippen LogP contribution >= 0.6 is 11.3 Å². The van der Waals surface area contributed by atoms with Crippen LogP contribution in [0.3, 0.4) is 0 Å². The van der Waals surface area contributed by atoms with Crippen LogP contribution in [-0.4, -0.2) is 27.5 Å². The van der Waals surface area contributed by atoms with Crippen LogP contribution in [-0.2, 0) is 4.74 Å². The van der Waals surface area contributed by atoms with E-state index in [-0.39, 0.29) is 5.97 Å². The van der Waals surface area contributed by atoms with Crippen molar-refractivity contribution >= 4 is 27.5 Å². The van der Waals surface area contributed by atoms with Gasteiger partial charge in [0, 0.05) is 29.5 Å². The van der Waals surface area contributed by atoms with Crippen LogP contribution in [0.4, 0.5) is 0 Å². The minimum atomic E-state index is -0.305. The number of aryl methyl sites for hydroxylation is 1. The molecule has 0 radical (unpaired) electrons. The third-order valence-electron chi connectivity index (χ3n) is 3.08. The Kier molecular flexibility index (Phi) is 3.62. The van der Waals surface area contributed by atoms with Gasteiger partial charge in [0.2, 0.25) is 0 Å². The number of aromatic nitrogens is 3. The molecule has 21 heavy (non-hydrogen) atoms. The Hall–Kier alpha value is -2.34. The lowest BCUT2D eigenvalue weighted by Crippen LogP contribution is -2.03. The predicted molar refractivity (Wildman–Crippen MR) is 81.3 cm³/mol. The highest BCUT2D eigenvalue weighted by atomic mass is 32.1. The number of thiophene rings is 1. The minimum Gasteiger partial charge on any atom is -0.462 e. The molecule has 3 aromatic rings. The Morgan fingerprint density at radius 2 is 2.24 bits per heavy atom. The summed E-state index contributed by atoms with van der Waals surface area (Å²) < 4.78 is 5.07. The van der Waals surface area contributed by atoms with Crippen molar-refractivity contribution in [1.29, 1.82) is 0 Å². The molecule has 3 aromatic heterocycles. The van der Waals surface area contributed by atoms with Gasteiger partial charge in [0.05, 0.1) is 6.61 Å². The summed E-state index contributed by atoms with van der Waals surface area (Å²) in [4.78, 5) is 26.2. The lowest BCUT2D eigenvalue weighted by atomic mass is 10.2. The number of rotatable bonds is 3. The fourth-order valence-electron chi connectivity index (χ4n) is 2.02. The predicted octanol–water partition coefficient (Wildman–Crippen LogP) is 3.24. The lowest BCUT2D eigenvalue weighted by molar-refractivity contribution is 0.0531. The number of fused-ring (bicyclic) bond motifs is 1. The molecular formula is C15H13N3O2S. The second-order valence-corrected chi connectivity index (χ2v) is 5.43. The van der Waals surface area contributed by atoms with Gasteiger partial charge in [-0.15, -0.1) is 11.3 Å². The standard InChI is InChI=1S/C15H13N3O2S/c1-3-20-15(19)12-9(2)11-8-17-13(18-14(11)21-12)10-5-4-6-16-7-10/h4-8H,3H2,1-2H3. The Bertz CT molecular complexity index is 799. The Morgan fingerprint density at radius 3 is 2.95 bits per heavy atom. The summed E-state index contributed by atoms with van der Waals surface area (Å²) in [5.41, 5.74) is 1.72. The first-order valence-corrected chi connectivity index (χ1v) is 7.36. The molecule has 0 fully saturated rings. The van der Waals surface area contributed by atoms with Crippen molar-refractivity contribution in [3.8, 4) is 11.4 Å². The van der Waals surface area contributed by atoms with E-state index in [9.17, 15) is 4.79 Å². The van der Waals surface area contributed by atoms with Gasteiger partial charge in [0.15, 0.2) is 5.82 Å². The molecule has 3 heterocycles. The highest BCUT2D eigenvalue weighted by Crippen LogP contribution is 2.30. The number of hydrogen-bond acceptors (Lipinski definition) is 6. The summed E-state index contributed by atoms with van der Waals surface area (Å²) in [5.74, 6) is 0.299. The van der Waals surface area contributed by atoms with E-state index in [0.717, 1.165) is 21.3 Å². The van der Waals surface area contributed by atoms with Crippen LogP contribution in [0.2, 0.25) is 0 Å². The van der Waals surface area contributed by atoms with Gasteiger partial charge in [0.1, 0.15) is 9.71 Å². The average molecular weight is 299 g/mol. The van der Waals surface area contributed by atoms with Crippen LogP contribution in [0.25, 0.3) is 21.6 Å². The van der Waals surface area contributed by atoms with Gasteiger partial charge in [-0.25, -0.2) is 14.8 Å². The first kappa shape index (κ1) is 13.6. The fraction of sp³-hybridized carbons (Fsp3) is 0.200. The third-order valence-corrected chi connectivity index (χ3v) is 4.26. The van der Waals surface area contributed by atoms with Crippen LogP contribution in [0.1, 0.15) is 22.2 Å². The molecule has 0 aliphatic rings. The number of carbonyl (C=O) groups is 1. The van der Waals surface area contributed by atoms with E-state index >= 15 is 0 Å². The molecule has 5 nitrogen and oxygen atoms in total. The Morgan fingerprint density at radius 1 is 1.38 bits per heavy atom. The van der Waals surface area contributed by atoms with Gasteiger partial charge in [-0.3, -0.25) is 4.98 Å². The third kappa shape index (κ3) is 2.50. The molecule has 0 atom stereocenters. The molecule has 0 saturated heterocycles. The molecule has 0 aromatic carbocycles. The second-order valence-electron chi connectivity index (χ2n) is 4.43. The minimum absolute atomic E-state index is 0.305. The average Bonchev–Trinajstić information content (AvgIpc) is 2.85. The van der Waals surface area contributed by atoms with E-state index in [4.69, 9.17) is 4.74 Å². The van der Waals surface area contributed by atoms with Gasteiger partial charge in [-0.1, -0.05) is 0 Å². The molecular weight excluding hydrogens is 286 g/mol. The molecule has 0 N–H and O–H groups in total. The zero-order valence-corrected chi connectivity index (χ0v) is 12.5. The molecule has 0 saturated carbocycles. The highest BCUT2D eigenvalue weighted by molar-refractivity contribution is 7.20. The van der Waals surface area contributed by atoms with Gasteiger partial charge in [-0.2, -0.15) is 0 Å². The summed E-state index contributed by atoms with van der Waals surface area (Å²) in [5, 5.41) is 0.885. The van der Waals surface area contributed by atoms with E-state index in [1.807, 2.05) is 19.1 Å². The van der Waals surface area contributed by atoms with Gasteiger partial charge in [-0.05, 0) is 31.5 Å². The molecule has 0 amide bonds. The maximum atomic E-state index is 11.9. The number of esters is 1. The van der Waals surface area contributed by atoms with Crippen molar-refractivity contribution in [3.63, 3.8) is 0 Å². The van der Waals surface area contributed by atoms with Gasteiger partial charge >= 0.3 is 5.97 Å². The quantitative estimate of drug-likeness (QED) is 0.695. The monoisotopic (exact) mass is 299 g/mol. The number of hydrogen-bond donors (Lipinski definition) is 0. The van der Waals surface area contributed by atoms with Gasteiger partial charge in [0.25, 0.3) is 0 Å². The van der Waals surface area contributed by atoms with Crippen molar-refractivity contribution in [2.75, 3.05) is 6.61 Å². The smallest absolute Gasteiger partial charge is 0.348 e. The fourth-order valence-corrected chi connectivity index (χ4v) is 3.07. The normalized spacial score (nSPS) is 10.8. The van der Waals surface area contributed by atoms with Crippen LogP contribution in [0.5, 0.6) is 0 Å². The molecule has 0 aliphatic heterocycles. The lowest BCUT2D eigenvalue weighted by Gasteiger charge is -1.99. The maximum Gasteiger partial charge on any atom is 0.348 e. The van der Waals surface area contributed by atoms with E-state index in [0.29, 0.717) is 17.3 Å². The Labute approximate surface area is 125 Å². The molecule has 106 valence electrons. The Balaban J connectivity index is 2.09. The summed E-state index contributed by atoms with van der Waals surface area (Å²) in [7, 11) is 0. The SMILES string of the molecule is CCOC(=O)c1sc2nc(-c3cccnc3)ncc2c1C. The zero-order chi connectivity index (χ0) is 14.8. The molecule has 0 aliphatic carbocycles. The molecule has 0 spiro atoms. The second kappa shape index (κ2) is 5.57. The summed E-state index contributed by atoms with van der Waals surface area (Å²) in [6.45, 7) is 4.04. The maximum absolute atomic E-state index is 11.9. The highest BCUT2D eigenvalue weighted by Gasteiger charge is 2.18. The summed E-state index contributed by atoms with van der Waals surface area (Å²) >= 11 is 1.33. The topological polar surface area (TPSA) is 65.0 Å². The van der Waals surface area contributed by atoms with E-state index in [1.165, 1.54) is 11.3 Å². The number of nitrogens with zero attached hydrogens (tertiary/aromatic N) is 3. The molecule has 0 unspecified atom stereocenters. The van der Waals surface area contributed by atoms with Crippen molar-refractivity contribution < 1.29 is 9.53 Å². The number of carbonyl (C=O) groups excluding carboxylic acids is 1. The summed E-state index contributed by atoms with van der Waals surface area (Å²) in [6.07, 6.45) is 5.17. The molecule has 3 rings (SSSR count). The molecule has 0 bridgehead atoms. The van der Waals surface area contributed by atoms with Crippen molar-refractivity contribution in [3.05, 3.63) is 41.2 Å². The number of pyridine rings is 1. The first-order valence-electron chi connectivity index (χ1n) is 6.54. The van der Waals surface area contributed by atoms with Crippen molar-refractivity contribution in [2.24, 2.45) is 0 Å². The first-order chi connectivity index (χ1) is 10.2. The van der Waals surface area contributed by atoms with E-state index in [1.54, 1.807) is 25.5 Å². The van der Waals surface area contributed by atoms with E-state index < -0.39 is 0 Å². The molecule has 6 heteroatoms.